The number of anilines is 1. The molecule has 0 saturated carbocycles. The summed E-state index contributed by atoms with van der Waals surface area (Å²) in [5, 5.41) is 0. The SMILES string of the molecule is [C-]#[N+]c1c([Si](C)(C)C)sc2c1nc(N(C)C(=O)OC(C)(C)C)c1ncn(C)c12. The van der Waals surface area contributed by atoms with E-state index in [1.807, 2.05) is 32.4 Å². The van der Waals surface area contributed by atoms with Crippen molar-refractivity contribution in [1.82, 2.24) is 14.5 Å². The molecule has 0 spiro atoms. The summed E-state index contributed by atoms with van der Waals surface area (Å²) in [5.74, 6) is 0.405. The maximum Gasteiger partial charge on any atom is 0.415 e. The van der Waals surface area contributed by atoms with Gasteiger partial charge in [-0.2, -0.15) is 11.3 Å². The highest BCUT2D eigenvalue weighted by Gasteiger charge is 2.30. The van der Waals surface area contributed by atoms with Crippen LogP contribution in [-0.4, -0.2) is 41.4 Å². The second kappa shape index (κ2) is 6.57. The molecule has 3 aromatic heterocycles. The maximum atomic E-state index is 12.6. The zero-order chi connectivity index (χ0) is 21.0. The third-order valence-electron chi connectivity index (χ3n) is 4.22. The van der Waals surface area contributed by atoms with Gasteiger partial charge in [0.05, 0.1) is 36.7 Å². The van der Waals surface area contributed by atoms with Crippen LogP contribution in [0.4, 0.5) is 16.3 Å². The first-order valence-electron chi connectivity index (χ1n) is 8.97. The van der Waals surface area contributed by atoms with Crippen molar-refractivity contribution in [1.29, 1.82) is 0 Å². The Hall–Kier alpha value is -2.44. The molecule has 3 aromatic rings. The minimum absolute atomic E-state index is 0.405. The number of thiophene rings is 1. The Morgan fingerprint density at radius 1 is 1.32 bits per heavy atom. The first-order valence-corrected chi connectivity index (χ1v) is 13.3. The Kier molecular flexibility index (Phi) is 4.76. The lowest BCUT2D eigenvalue weighted by atomic mass is 10.2. The van der Waals surface area contributed by atoms with E-state index in [2.05, 4.69) is 29.5 Å². The Balaban J connectivity index is 2.33. The number of carbonyl (C=O) groups excluding carboxylic acids is 1. The van der Waals surface area contributed by atoms with Crippen LogP contribution < -0.4 is 9.40 Å². The van der Waals surface area contributed by atoms with Crippen molar-refractivity contribution in [2.24, 2.45) is 7.05 Å². The lowest BCUT2D eigenvalue weighted by Gasteiger charge is -2.24. The van der Waals surface area contributed by atoms with Gasteiger partial charge in [-0.05, 0) is 20.8 Å². The van der Waals surface area contributed by atoms with Crippen LogP contribution in [0.5, 0.6) is 0 Å². The summed E-state index contributed by atoms with van der Waals surface area (Å²) in [6.07, 6.45) is 1.21. The highest BCUT2D eigenvalue weighted by Crippen LogP contribution is 2.39. The van der Waals surface area contributed by atoms with E-state index in [9.17, 15) is 4.79 Å². The number of hydrogen-bond donors (Lipinski definition) is 0. The lowest BCUT2D eigenvalue weighted by molar-refractivity contribution is 0.0589. The number of nitrogens with zero attached hydrogens (tertiary/aromatic N) is 5. The van der Waals surface area contributed by atoms with E-state index >= 15 is 0 Å². The molecule has 0 fully saturated rings. The van der Waals surface area contributed by atoms with Gasteiger partial charge < -0.3 is 9.30 Å². The fourth-order valence-corrected chi connectivity index (χ4v) is 6.40. The molecule has 0 aromatic carbocycles. The summed E-state index contributed by atoms with van der Waals surface area (Å²) in [5.41, 5.74) is 2.13. The predicted octanol–water partition coefficient (Wildman–Crippen LogP) is 4.65. The van der Waals surface area contributed by atoms with E-state index in [0.29, 0.717) is 22.5 Å². The summed E-state index contributed by atoms with van der Waals surface area (Å²) < 4.78 is 9.48. The smallest absolute Gasteiger partial charge is 0.415 e. The second-order valence-electron chi connectivity index (χ2n) is 8.85. The molecule has 0 aliphatic carbocycles. The molecule has 0 saturated heterocycles. The van der Waals surface area contributed by atoms with E-state index in [1.54, 1.807) is 24.7 Å². The molecule has 0 radical (unpaired) electrons. The third-order valence-corrected chi connectivity index (χ3v) is 8.95. The molecule has 0 aliphatic rings. The van der Waals surface area contributed by atoms with Crippen LogP contribution in [0.15, 0.2) is 6.33 Å². The van der Waals surface area contributed by atoms with Gasteiger partial charge in [0.1, 0.15) is 11.1 Å². The van der Waals surface area contributed by atoms with E-state index in [0.717, 1.165) is 14.7 Å². The molecule has 3 heterocycles. The minimum Gasteiger partial charge on any atom is -0.443 e. The molecular weight excluding hydrogens is 390 g/mol. The third kappa shape index (κ3) is 3.38. The number of carbonyl (C=O) groups is 1. The number of aromatic nitrogens is 3. The largest absolute Gasteiger partial charge is 0.443 e. The molecule has 0 N–H and O–H groups in total. The first kappa shape index (κ1) is 20.3. The van der Waals surface area contributed by atoms with Crippen LogP contribution in [0.2, 0.25) is 19.6 Å². The molecule has 7 nitrogen and oxygen atoms in total. The Bertz CT molecular complexity index is 1130. The molecule has 0 atom stereocenters. The number of amides is 1. The molecule has 0 aliphatic heterocycles. The summed E-state index contributed by atoms with van der Waals surface area (Å²) in [6.45, 7) is 19.9. The number of fused-ring (bicyclic) bond motifs is 3. The number of ether oxygens (including phenoxy) is 1. The average molecular weight is 416 g/mol. The molecule has 0 unspecified atom stereocenters. The van der Waals surface area contributed by atoms with E-state index in [4.69, 9.17) is 16.3 Å². The van der Waals surface area contributed by atoms with Crippen molar-refractivity contribution in [2.45, 2.75) is 46.0 Å². The molecule has 148 valence electrons. The van der Waals surface area contributed by atoms with Crippen LogP contribution in [0.25, 0.3) is 26.1 Å². The topological polar surface area (TPSA) is 64.6 Å². The number of imidazole rings is 1. The summed E-state index contributed by atoms with van der Waals surface area (Å²) >= 11 is 1.63. The second-order valence-corrected chi connectivity index (χ2v) is 15.2. The predicted molar refractivity (Wildman–Crippen MR) is 118 cm³/mol. The molecule has 9 heteroatoms. The first-order chi connectivity index (χ1) is 12.8. The van der Waals surface area contributed by atoms with Gasteiger partial charge in [0.15, 0.2) is 5.82 Å². The van der Waals surface area contributed by atoms with Crippen molar-refractivity contribution in [3.05, 3.63) is 17.7 Å². The number of aryl methyl sites for hydroxylation is 1. The van der Waals surface area contributed by atoms with Crippen molar-refractivity contribution >= 4 is 62.8 Å². The van der Waals surface area contributed by atoms with Gasteiger partial charge >= 0.3 is 6.09 Å². The van der Waals surface area contributed by atoms with Gasteiger partial charge in [0.25, 0.3) is 0 Å². The number of hydrogen-bond acceptors (Lipinski definition) is 5. The number of pyridine rings is 1. The Labute approximate surface area is 169 Å². The monoisotopic (exact) mass is 415 g/mol. The van der Waals surface area contributed by atoms with Gasteiger partial charge in [-0.1, -0.05) is 19.6 Å². The zero-order valence-corrected chi connectivity index (χ0v) is 19.4. The Morgan fingerprint density at radius 2 is 1.96 bits per heavy atom. The van der Waals surface area contributed by atoms with Crippen LogP contribution in [-0.2, 0) is 11.8 Å². The normalized spacial score (nSPS) is 12.4. The summed E-state index contributed by atoms with van der Waals surface area (Å²) in [6, 6.07) is 0. The van der Waals surface area contributed by atoms with Gasteiger partial charge in [0, 0.05) is 18.6 Å². The van der Waals surface area contributed by atoms with Crippen molar-refractivity contribution < 1.29 is 9.53 Å². The highest BCUT2D eigenvalue weighted by atomic mass is 32.1. The maximum absolute atomic E-state index is 12.6. The van der Waals surface area contributed by atoms with E-state index in [1.165, 1.54) is 4.90 Å². The lowest BCUT2D eigenvalue weighted by Crippen LogP contribution is -2.35. The molecule has 0 bridgehead atoms. The van der Waals surface area contributed by atoms with Gasteiger partial charge in [0.2, 0.25) is 5.69 Å². The molecular formula is C19H25N5O2SSi. The average Bonchev–Trinajstić information content (AvgIpc) is 3.12. The van der Waals surface area contributed by atoms with E-state index in [-0.39, 0.29) is 0 Å². The molecule has 1 amide bonds. The highest BCUT2D eigenvalue weighted by molar-refractivity contribution is 7.33. The van der Waals surface area contributed by atoms with Crippen molar-refractivity contribution in [3.63, 3.8) is 0 Å². The number of rotatable bonds is 2. The van der Waals surface area contributed by atoms with Gasteiger partial charge in [-0.25, -0.2) is 19.6 Å². The summed E-state index contributed by atoms with van der Waals surface area (Å²) in [4.78, 5) is 27.1. The van der Waals surface area contributed by atoms with Crippen LogP contribution in [0, 0.1) is 6.57 Å². The molecule has 28 heavy (non-hydrogen) atoms. The Morgan fingerprint density at radius 3 is 2.50 bits per heavy atom. The summed E-state index contributed by atoms with van der Waals surface area (Å²) in [7, 11) is 1.80. The fourth-order valence-electron chi connectivity index (χ4n) is 2.96. The minimum atomic E-state index is -1.73. The zero-order valence-electron chi connectivity index (χ0n) is 17.5. The van der Waals surface area contributed by atoms with Gasteiger partial charge in [-0.3, -0.25) is 4.90 Å². The molecule has 3 rings (SSSR count). The van der Waals surface area contributed by atoms with Gasteiger partial charge in [-0.15, -0.1) is 0 Å². The van der Waals surface area contributed by atoms with Crippen LogP contribution >= 0.6 is 11.3 Å². The quantitative estimate of drug-likeness (QED) is 0.451. The van der Waals surface area contributed by atoms with E-state index < -0.39 is 19.8 Å². The van der Waals surface area contributed by atoms with Crippen LogP contribution in [0.1, 0.15) is 20.8 Å². The van der Waals surface area contributed by atoms with Crippen molar-refractivity contribution in [2.75, 3.05) is 11.9 Å². The van der Waals surface area contributed by atoms with Crippen LogP contribution in [0.3, 0.4) is 0 Å². The standard InChI is InChI=1S/C19H25N5O2SSi/c1-19(2,3)26-18(25)24(6)16-13-14(23(5)10-21-13)15-11(22-16)12(20-4)17(27-15)28(7,8)9/h10H,1-3,5-9H3. The van der Waals surface area contributed by atoms with Crippen molar-refractivity contribution in [3.8, 4) is 0 Å². The fraction of sp³-hybridized carbons (Fsp3) is 0.474.